The Morgan fingerprint density at radius 1 is 0.867 bits per heavy atom. The standard InChI is InChI=1S/C22H17NO6S/c1-27-16-10-12(11-17(28-2)19(16)29-3)18(24)15-8-9-30-22(15)23-20(25)13-6-4-5-7-14(13)21(23)26/h4-11H,1-3H3. The van der Waals surface area contributed by atoms with Gasteiger partial charge in [-0.05, 0) is 35.7 Å². The highest BCUT2D eigenvalue weighted by molar-refractivity contribution is 7.15. The molecule has 2 aromatic carbocycles. The number of hydrogen-bond donors (Lipinski definition) is 0. The summed E-state index contributed by atoms with van der Waals surface area (Å²) in [6, 6.07) is 11.3. The van der Waals surface area contributed by atoms with Gasteiger partial charge in [-0.1, -0.05) is 12.1 Å². The lowest BCUT2D eigenvalue weighted by Crippen LogP contribution is -2.29. The van der Waals surface area contributed by atoms with Crippen molar-refractivity contribution in [1.82, 2.24) is 0 Å². The van der Waals surface area contributed by atoms with E-state index in [0.29, 0.717) is 28.4 Å². The Kier molecular flexibility index (Phi) is 5.01. The first-order valence-corrected chi connectivity index (χ1v) is 9.79. The van der Waals surface area contributed by atoms with Crippen LogP contribution in [0.3, 0.4) is 0 Å². The predicted molar refractivity (Wildman–Crippen MR) is 111 cm³/mol. The Morgan fingerprint density at radius 2 is 1.43 bits per heavy atom. The lowest BCUT2D eigenvalue weighted by Gasteiger charge is -2.16. The molecule has 152 valence electrons. The highest BCUT2D eigenvalue weighted by atomic mass is 32.1. The third-order valence-electron chi connectivity index (χ3n) is 4.81. The number of ether oxygens (including phenoxy) is 3. The van der Waals surface area contributed by atoms with Crippen molar-refractivity contribution < 1.29 is 28.6 Å². The van der Waals surface area contributed by atoms with Crippen LogP contribution in [-0.4, -0.2) is 38.9 Å². The lowest BCUT2D eigenvalue weighted by atomic mass is 10.0. The predicted octanol–water partition coefficient (Wildman–Crippen LogP) is 3.81. The zero-order valence-corrected chi connectivity index (χ0v) is 17.2. The summed E-state index contributed by atoms with van der Waals surface area (Å²) >= 11 is 1.15. The van der Waals surface area contributed by atoms with Gasteiger partial charge in [0, 0.05) is 5.56 Å². The molecule has 0 saturated carbocycles. The van der Waals surface area contributed by atoms with E-state index < -0.39 is 11.8 Å². The number of fused-ring (bicyclic) bond motifs is 1. The maximum Gasteiger partial charge on any atom is 0.266 e. The minimum Gasteiger partial charge on any atom is -0.493 e. The first-order valence-electron chi connectivity index (χ1n) is 8.91. The second kappa shape index (κ2) is 7.64. The van der Waals surface area contributed by atoms with Crippen LogP contribution < -0.4 is 19.1 Å². The maximum absolute atomic E-state index is 13.3. The van der Waals surface area contributed by atoms with Crippen LogP contribution in [0.5, 0.6) is 17.2 Å². The molecule has 1 aromatic heterocycles. The molecule has 0 radical (unpaired) electrons. The van der Waals surface area contributed by atoms with Gasteiger partial charge in [0.05, 0.1) is 38.0 Å². The summed E-state index contributed by atoms with van der Waals surface area (Å²) in [4.78, 5) is 40.1. The maximum atomic E-state index is 13.3. The molecule has 0 aliphatic carbocycles. The van der Waals surface area contributed by atoms with E-state index >= 15 is 0 Å². The molecule has 0 atom stereocenters. The fraction of sp³-hybridized carbons (Fsp3) is 0.136. The van der Waals surface area contributed by atoms with Crippen LogP contribution in [0.2, 0.25) is 0 Å². The molecule has 8 heteroatoms. The number of anilines is 1. The second-order valence-corrected chi connectivity index (χ2v) is 7.27. The molecule has 2 amide bonds. The largest absolute Gasteiger partial charge is 0.493 e. The lowest BCUT2D eigenvalue weighted by molar-refractivity contribution is 0.0927. The highest BCUT2D eigenvalue weighted by Crippen LogP contribution is 2.40. The van der Waals surface area contributed by atoms with Crippen LogP contribution in [0.25, 0.3) is 0 Å². The summed E-state index contributed by atoms with van der Waals surface area (Å²) in [5.74, 6) is -0.242. The van der Waals surface area contributed by atoms with E-state index in [1.54, 1.807) is 35.7 Å². The molecule has 4 rings (SSSR count). The molecule has 0 fully saturated rings. The molecule has 0 bridgehead atoms. The van der Waals surface area contributed by atoms with Crippen molar-refractivity contribution in [3.8, 4) is 17.2 Å². The van der Waals surface area contributed by atoms with Crippen molar-refractivity contribution in [3.05, 3.63) is 70.1 Å². The van der Waals surface area contributed by atoms with Crippen LogP contribution in [0.4, 0.5) is 5.00 Å². The Balaban J connectivity index is 1.77. The number of methoxy groups -OCH3 is 3. The summed E-state index contributed by atoms with van der Waals surface area (Å²) in [6.45, 7) is 0. The normalized spacial score (nSPS) is 12.7. The van der Waals surface area contributed by atoms with Gasteiger partial charge in [0.1, 0.15) is 5.00 Å². The SMILES string of the molecule is COc1cc(C(=O)c2ccsc2N2C(=O)c3ccccc3C2=O)cc(OC)c1OC. The average molecular weight is 423 g/mol. The molecule has 0 spiro atoms. The van der Waals surface area contributed by atoms with Crippen LogP contribution in [0.15, 0.2) is 47.8 Å². The quantitative estimate of drug-likeness (QED) is 0.443. The van der Waals surface area contributed by atoms with Gasteiger partial charge in [0.25, 0.3) is 11.8 Å². The minimum absolute atomic E-state index is 0.240. The summed E-state index contributed by atoms with van der Waals surface area (Å²) < 4.78 is 15.9. The van der Waals surface area contributed by atoms with E-state index in [1.807, 2.05) is 0 Å². The molecule has 0 N–H and O–H groups in total. The smallest absolute Gasteiger partial charge is 0.266 e. The number of ketones is 1. The van der Waals surface area contributed by atoms with Crippen molar-refractivity contribution in [2.24, 2.45) is 0 Å². The van der Waals surface area contributed by atoms with Crippen molar-refractivity contribution in [2.45, 2.75) is 0 Å². The third kappa shape index (κ3) is 2.93. The second-order valence-electron chi connectivity index (χ2n) is 6.37. The van der Waals surface area contributed by atoms with E-state index in [1.165, 1.54) is 33.5 Å². The van der Waals surface area contributed by atoms with E-state index in [4.69, 9.17) is 14.2 Å². The van der Waals surface area contributed by atoms with Gasteiger partial charge in [-0.2, -0.15) is 0 Å². The van der Waals surface area contributed by atoms with Crippen LogP contribution in [-0.2, 0) is 0 Å². The number of hydrogen-bond acceptors (Lipinski definition) is 7. The summed E-state index contributed by atoms with van der Waals surface area (Å²) in [5.41, 5.74) is 1.16. The Hall–Kier alpha value is -3.65. The molecule has 1 aliphatic rings. The average Bonchev–Trinajstić information content (AvgIpc) is 3.35. The molecule has 30 heavy (non-hydrogen) atoms. The molecular formula is C22H17NO6S. The topological polar surface area (TPSA) is 82.1 Å². The number of thiophene rings is 1. The summed E-state index contributed by atoms with van der Waals surface area (Å²) in [6.07, 6.45) is 0. The van der Waals surface area contributed by atoms with Crippen LogP contribution >= 0.6 is 11.3 Å². The number of rotatable bonds is 6. The number of carbonyl (C=O) groups excluding carboxylic acids is 3. The highest BCUT2D eigenvalue weighted by Gasteiger charge is 2.39. The number of imide groups is 1. The molecule has 0 saturated heterocycles. The van der Waals surface area contributed by atoms with Gasteiger partial charge in [-0.25, -0.2) is 4.90 Å². The van der Waals surface area contributed by atoms with Gasteiger partial charge in [-0.3, -0.25) is 14.4 Å². The van der Waals surface area contributed by atoms with E-state index in [0.717, 1.165) is 16.2 Å². The van der Waals surface area contributed by atoms with Gasteiger partial charge < -0.3 is 14.2 Å². The summed E-state index contributed by atoms with van der Waals surface area (Å²) in [5, 5.41) is 1.95. The number of amides is 2. The van der Waals surface area contributed by atoms with Crippen molar-refractivity contribution in [2.75, 3.05) is 26.2 Å². The van der Waals surface area contributed by atoms with Gasteiger partial charge in [0.15, 0.2) is 17.3 Å². The van der Waals surface area contributed by atoms with Gasteiger partial charge in [-0.15, -0.1) is 11.3 Å². The monoisotopic (exact) mass is 423 g/mol. The van der Waals surface area contributed by atoms with Gasteiger partial charge >= 0.3 is 0 Å². The molecule has 7 nitrogen and oxygen atoms in total. The third-order valence-corrected chi connectivity index (χ3v) is 5.71. The van der Waals surface area contributed by atoms with Crippen LogP contribution in [0.1, 0.15) is 36.6 Å². The zero-order chi connectivity index (χ0) is 21.4. The number of benzene rings is 2. The van der Waals surface area contributed by atoms with Crippen molar-refractivity contribution in [1.29, 1.82) is 0 Å². The molecule has 2 heterocycles. The van der Waals surface area contributed by atoms with Crippen molar-refractivity contribution in [3.63, 3.8) is 0 Å². The number of carbonyl (C=O) groups is 3. The van der Waals surface area contributed by atoms with E-state index in [9.17, 15) is 14.4 Å². The molecular weight excluding hydrogens is 406 g/mol. The zero-order valence-electron chi connectivity index (χ0n) is 16.4. The van der Waals surface area contributed by atoms with Crippen LogP contribution in [0, 0.1) is 0 Å². The fourth-order valence-electron chi connectivity index (χ4n) is 3.39. The summed E-state index contributed by atoms with van der Waals surface area (Å²) in [7, 11) is 4.39. The Labute approximate surface area is 176 Å². The Bertz CT molecular complexity index is 1120. The minimum atomic E-state index is -0.447. The molecule has 1 aliphatic heterocycles. The molecule has 0 unspecified atom stereocenters. The fourth-order valence-corrected chi connectivity index (χ4v) is 4.28. The van der Waals surface area contributed by atoms with E-state index in [-0.39, 0.29) is 21.9 Å². The number of nitrogens with zero attached hydrogens (tertiary/aromatic N) is 1. The van der Waals surface area contributed by atoms with Crippen molar-refractivity contribution >= 4 is 33.9 Å². The molecule has 3 aromatic rings. The Morgan fingerprint density at radius 3 is 1.93 bits per heavy atom. The van der Waals surface area contributed by atoms with E-state index in [2.05, 4.69) is 0 Å². The van der Waals surface area contributed by atoms with Gasteiger partial charge in [0.2, 0.25) is 5.75 Å². The first-order chi connectivity index (χ1) is 14.5. The first kappa shape index (κ1) is 19.7.